The van der Waals surface area contributed by atoms with Crippen molar-refractivity contribution in [1.29, 1.82) is 0 Å². The van der Waals surface area contributed by atoms with Crippen LogP contribution in [0.25, 0.3) is 6.08 Å². The van der Waals surface area contributed by atoms with Crippen molar-refractivity contribution in [2.75, 3.05) is 11.1 Å². The van der Waals surface area contributed by atoms with Gasteiger partial charge in [-0.1, -0.05) is 18.2 Å². The Bertz CT molecular complexity index is 603. The molecule has 102 valence electrons. The molecule has 0 bridgehead atoms. The van der Waals surface area contributed by atoms with Gasteiger partial charge in [-0.25, -0.2) is 0 Å². The molecular weight excluding hydrogens is 270 g/mol. The number of furan rings is 1. The van der Waals surface area contributed by atoms with E-state index in [1.165, 1.54) is 6.08 Å². The SMILES string of the molecule is C=CCSc1ccccc1NC(=O)/C=C/c1ccco1. The van der Waals surface area contributed by atoms with Gasteiger partial charge in [-0.15, -0.1) is 18.3 Å². The van der Waals surface area contributed by atoms with E-state index in [4.69, 9.17) is 4.42 Å². The van der Waals surface area contributed by atoms with Crippen molar-refractivity contribution in [1.82, 2.24) is 0 Å². The fourth-order valence-electron chi connectivity index (χ4n) is 1.56. The Kier molecular flexibility index (Phi) is 5.26. The number of hydrogen-bond donors (Lipinski definition) is 1. The first-order chi connectivity index (χ1) is 9.79. The normalized spacial score (nSPS) is 10.6. The number of carbonyl (C=O) groups is 1. The van der Waals surface area contributed by atoms with Gasteiger partial charge in [-0.2, -0.15) is 0 Å². The van der Waals surface area contributed by atoms with Crippen LogP contribution in [0.1, 0.15) is 5.76 Å². The number of nitrogens with one attached hydrogen (secondary N) is 1. The Morgan fingerprint density at radius 2 is 2.15 bits per heavy atom. The zero-order valence-corrected chi connectivity index (χ0v) is 11.7. The number of para-hydroxylation sites is 1. The summed E-state index contributed by atoms with van der Waals surface area (Å²) in [5, 5.41) is 2.86. The molecular formula is C16H15NO2S. The van der Waals surface area contributed by atoms with Gasteiger partial charge in [-0.3, -0.25) is 4.79 Å². The number of amides is 1. The summed E-state index contributed by atoms with van der Waals surface area (Å²) < 4.78 is 5.13. The minimum absolute atomic E-state index is 0.187. The highest BCUT2D eigenvalue weighted by atomic mass is 32.2. The lowest BCUT2D eigenvalue weighted by Gasteiger charge is -2.08. The van der Waals surface area contributed by atoms with Crippen molar-refractivity contribution in [3.63, 3.8) is 0 Å². The first-order valence-corrected chi connectivity index (χ1v) is 7.13. The largest absolute Gasteiger partial charge is 0.465 e. The van der Waals surface area contributed by atoms with Crippen LogP contribution in [0.3, 0.4) is 0 Å². The van der Waals surface area contributed by atoms with Crippen LogP contribution in [0.5, 0.6) is 0 Å². The van der Waals surface area contributed by atoms with Gasteiger partial charge in [0.15, 0.2) is 0 Å². The van der Waals surface area contributed by atoms with Crippen molar-refractivity contribution >= 4 is 29.4 Å². The molecule has 1 heterocycles. The third-order valence-electron chi connectivity index (χ3n) is 2.44. The minimum atomic E-state index is -0.187. The molecule has 1 amide bonds. The third kappa shape index (κ3) is 4.17. The topological polar surface area (TPSA) is 42.2 Å². The molecule has 0 fully saturated rings. The van der Waals surface area contributed by atoms with E-state index in [2.05, 4.69) is 11.9 Å². The maximum absolute atomic E-state index is 11.9. The second kappa shape index (κ2) is 7.40. The minimum Gasteiger partial charge on any atom is -0.465 e. The zero-order chi connectivity index (χ0) is 14.2. The maximum Gasteiger partial charge on any atom is 0.248 e. The van der Waals surface area contributed by atoms with Gasteiger partial charge < -0.3 is 9.73 Å². The van der Waals surface area contributed by atoms with Crippen LogP contribution < -0.4 is 5.32 Å². The molecule has 0 unspecified atom stereocenters. The fourth-order valence-corrected chi connectivity index (χ4v) is 2.31. The summed E-state index contributed by atoms with van der Waals surface area (Å²) >= 11 is 1.63. The summed E-state index contributed by atoms with van der Waals surface area (Å²) in [6, 6.07) is 11.3. The van der Waals surface area contributed by atoms with E-state index in [0.717, 1.165) is 16.3 Å². The second-order valence-corrected chi connectivity index (χ2v) is 5.00. The molecule has 3 nitrogen and oxygen atoms in total. The molecule has 1 aromatic carbocycles. The van der Waals surface area contributed by atoms with Crippen molar-refractivity contribution in [2.24, 2.45) is 0 Å². The van der Waals surface area contributed by atoms with E-state index >= 15 is 0 Å². The molecule has 0 aliphatic carbocycles. The zero-order valence-electron chi connectivity index (χ0n) is 10.9. The second-order valence-electron chi connectivity index (χ2n) is 3.93. The summed E-state index contributed by atoms with van der Waals surface area (Å²) in [6.45, 7) is 3.69. The summed E-state index contributed by atoms with van der Waals surface area (Å²) in [6.07, 6.45) is 6.49. The Labute approximate surface area is 122 Å². The number of hydrogen-bond acceptors (Lipinski definition) is 3. The molecule has 0 saturated heterocycles. The predicted octanol–water partition coefficient (Wildman–Crippen LogP) is 4.21. The van der Waals surface area contributed by atoms with Crippen LogP contribution in [0.15, 0.2) is 70.7 Å². The molecule has 0 saturated carbocycles. The Balaban J connectivity index is 2.02. The van der Waals surface area contributed by atoms with Crippen molar-refractivity contribution < 1.29 is 9.21 Å². The van der Waals surface area contributed by atoms with Crippen LogP contribution in [0, 0.1) is 0 Å². The van der Waals surface area contributed by atoms with Gasteiger partial charge in [0.2, 0.25) is 5.91 Å². The van der Waals surface area contributed by atoms with E-state index in [1.807, 2.05) is 30.3 Å². The van der Waals surface area contributed by atoms with E-state index in [-0.39, 0.29) is 5.91 Å². The quantitative estimate of drug-likeness (QED) is 0.491. The molecule has 2 aromatic rings. The predicted molar refractivity (Wildman–Crippen MR) is 83.7 cm³/mol. The standard InChI is InChI=1S/C16H15NO2S/c1-2-12-20-15-8-4-3-7-14(15)17-16(18)10-9-13-6-5-11-19-13/h2-11H,1,12H2,(H,17,18)/b10-9+. The van der Waals surface area contributed by atoms with Gasteiger partial charge in [0.05, 0.1) is 12.0 Å². The lowest BCUT2D eigenvalue weighted by atomic mass is 10.3. The highest BCUT2D eigenvalue weighted by molar-refractivity contribution is 7.99. The first-order valence-electron chi connectivity index (χ1n) is 6.15. The summed E-state index contributed by atoms with van der Waals surface area (Å²) in [5.41, 5.74) is 0.799. The van der Waals surface area contributed by atoms with E-state index < -0.39 is 0 Å². The lowest BCUT2D eigenvalue weighted by Crippen LogP contribution is -2.08. The molecule has 4 heteroatoms. The number of anilines is 1. The molecule has 1 aromatic heterocycles. The van der Waals surface area contributed by atoms with Crippen molar-refractivity contribution in [2.45, 2.75) is 4.90 Å². The highest BCUT2D eigenvalue weighted by Crippen LogP contribution is 2.26. The molecule has 1 N–H and O–H groups in total. The molecule has 0 radical (unpaired) electrons. The Hall–Kier alpha value is -2.20. The number of thioether (sulfide) groups is 1. The molecule has 0 aliphatic rings. The van der Waals surface area contributed by atoms with Crippen molar-refractivity contribution in [3.05, 3.63) is 67.2 Å². The van der Waals surface area contributed by atoms with E-state index in [9.17, 15) is 4.79 Å². The monoisotopic (exact) mass is 285 g/mol. The van der Waals surface area contributed by atoms with Gasteiger partial charge in [0, 0.05) is 16.7 Å². The lowest BCUT2D eigenvalue weighted by molar-refractivity contribution is -0.111. The summed E-state index contributed by atoms with van der Waals surface area (Å²) in [7, 11) is 0. The Morgan fingerprint density at radius 1 is 1.30 bits per heavy atom. The summed E-state index contributed by atoms with van der Waals surface area (Å²) in [5.74, 6) is 1.26. The average Bonchev–Trinajstić information content (AvgIpc) is 2.97. The smallest absolute Gasteiger partial charge is 0.248 e. The average molecular weight is 285 g/mol. The van der Waals surface area contributed by atoms with Crippen LogP contribution in [0.4, 0.5) is 5.69 Å². The van der Waals surface area contributed by atoms with Crippen LogP contribution in [-0.4, -0.2) is 11.7 Å². The number of benzene rings is 1. The van der Waals surface area contributed by atoms with Crippen LogP contribution >= 0.6 is 11.8 Å². The number of carbonyl (C=O) groups excluding carboxylic acids is 1. The van der Waals surface area contributed by atoms with Crippen LogP contribution in [0.2, 0.25) is 0 Å². The van der Waals surface area contributed by atoms with Gasteiger partial charge in [0.1, 0.15) is 5.76 Å². The highest BCUT2D eigenvalue weighted by Gasteiger charge is 2.04. The first kappa shape index (κ1) is 14.2. The molecule has 0 atom stereocenters. The molecule has 20 heavy (non-hydrogen) atoms. The van der Waals surface area contributed by atoms with Crippen molar-refractivity contribution in [3.8, 4) is 0 Å². The van der Waals surface area contributed by atoms with Gasteiger partial charge in [0.25, 0.3) is 0 Å². The van der Waals surface area contributed by atoms with E-state index in [1.54, 1.807) is 36.2 Å². The van der Waals surface area contributed by atoms with Gasteiger partial charge >= 0.3 is 0 Å². The Morgan fingerprint density at radius 3 is 2.90 bits per heavy atom. The maximum atomic E-state index is 11.9. The van der Waals surface area contributed by atoms with Crippen LogP contribution in [-0.2, 0) is 4.79 Å². The van der Waals surface area contributed by atoms with Gasteiger partial charge in [-0.05, 0) is 30.3 Å². The third-order valence-corrected chi connectivity index (χ3v) is 3.51. The molecule has 2 rings (SSSR count). The fraction of sp³-hybridized carbons (Fsp3) is 0.0625. The molecule has 0 aliphatic heterocycles. The number of rotatable bonds is 6. The molecule has 0 spiro atoms. The van der Waals surface area contributed by atoms with E-state index in [0.29, 0.717) is 5.76 Å². The summed E-state index contributed by atoms with van der Waals surface area (Å²) in [4.78, 5) is 12.9.